The Kier molecular flexibility index (Phi) is 5.99. The number of nitrogens with zero attached hydrogens (tertiary/aromatic N) is 1. The molecule has 0 saturated carbocycles. The van der Waals surface area contributed by atoms with Crippen LogP contribution in [0.1, 0.15) is 25.5 Å². The molecule has 1 aliphatic rings. The van der Waals surface area contributed by atoms with Crippen LogP contribution in [0.25, 0.3) is 0 Å². The monoisotopic (exact) mass is 445 g/mol. The molecule has 0 saturated heterocycles. The van der Waals surface area contributed by atoms with Crippen molar-refractivity contribution in [3.05, 3.63) is 52.5 Å². The van der Waals surface area contributed by atoms with Gasteiger partial charge in [-0.15, -0.1) is 0 Å². The molecule has 1 unspecified atom stereocenters. The lowest BCUT2D eigenvalue weighted by Gasteiger charge is -2.29. The Bertz CT molecular complexity index is 931. The van der Waals surface area contributed by atoms with Crippen LogP contribution in [0.4, 0.5) is 11.4 Å². The van der Waals surface area contributed by atoms with E-state index in [2.05, 4.69) is 26.6 Å². The Morgan fingerprint density at radius 2 is 2.04 bits per heavy atom. The number of halogens is 1. The number of fused-ring (bicyclic) bond motifs is 1. The molecule has 0 spiro atoms. The van der Waals surface area contributed by atoms with Gasteiger partial charge in [0.05, 0.1) is 11.7 Å². The van der Waals surface area contributed by atoms with Crippen molar-refractivity contribution in [3.8, 4) is 5.75 Å². The molecule has 0 aromatic heterocycles. The van der Waals surface area contributed by atoms with Crippen molar-refractivity contribution in [3.63, 3.8) is 0 Å². The van der Waals surface area contributed by atoms with E-state index < -0.39 is 0 Å². The largest absolute Gasteiger partial charge is 0.482 e. The van der Waals surface area contributed by atoms with E-state index in [0.29, 0.717) is 17.1 Å². The molecule has 2 aromatic rings. The lowest BCUT2D eigenvalue weighted by atomic mass is 10.1. The summed E-state index contributed by atoms with van der Waals surface area (Å²) in [6.45, 7) is 3.07. The summed E-state index contributed by atoms with van der Waals surface area (Å²) >= 11 is 3.37. The highest BCUT2D eigenvalue weighted by Gasteiger charge is 2.27. The topological polar surface area (TPSA) is 87.7 Å². The minimum atomic E-state index is -0.290. The predicted molar refractivity (Wildman–Crippen MR) is 109 cm³/mol. The lowest BCUT2D eigenvalue weighted by molar-refractivity contribution is -0.125. The predicted octanol–water partition coefficient (Wildman–Crippen LogP) is 3.01. The molecule has 0 aliphatic carbocycles. The van der Waals surface area contributed by atoms with Crippen molar-refractivity contribution in [2.24, 2.45) is 0 Å². The summed E-state index contributed by atoms with van der Waals surface area (Å²) in [6, 6.07) is 12.3. The van der Waals surface area contributed by atoms with E-state index in [0.717, 1.165) is 10.0 Å². The van der Waals surface area contributed by atoms with E-state index in [4.69, 9.17) is 4.74 Å². The number of carbonyl (C=O) groups excluding carboxylic acids is 3. The smallest absolute Gasteiger partial charge is 0.265 e. The number of amides is 3. The second-order valence-corrected chi connectivity index (χ2v) is 7.39. The standard InChI is InChI=1S/C20H20BrN3O4/c1-12(14-4-3-5-16(8-14)23-13(2)25)22-19(26)10-24-17-7-6-15(21)9-18(17)28-11-20(24)27/h3-9,12H,10-11H2,1-2H3,(H,22,26)(H,23,25). The number of hydrogen-bond acceptors (Lipinski definition) is 4. The van der Waals surface area contributed by atoms with Gasteiger partial charge in [0.2, 0.25) is 11.8 Å². The van der Waals surface area contributed by atoms with Crippen molar-refractivity contribution in [1.82, 2.24) is 5.32 Å². The molecule has 1 heterocycles. The Labute approximate surface area is 171 Å². The maximum absolute atomic E-state index is 12.6. The fraction of sp³-hybridized carbons (Fsp3) is 0.250. The molecule has 0 radical (unpaired) electrons. The first-order valence-electron chi connectivity index (χ1n) is 8.73. The molecular weight excluding hydrogens is 426 g/mol. The summed E-state index contributed by atoms with van der Waals surface area (Å²) in [5.41, 5.74) is 2.07. The fourth-order valence-corrected chi connectivity index (χ4v) is 3.29. The molecule has 28 heavy (non-hydrogen) atoms. The molecule has 8 heteroatoms. The van der Waals surface area contributed by atoms with Crippen LogP contribution in [-0.4, -0.2) is 30.9 Å². The first-order valence-corrected chi connectivity index (χ1v) is 9.52. The van der Waals surface area contributed by atoms with Gasteiger partial charge in [0.25, 0.3) is 5.91 Å². The van der Waals surface area contributed by atoms with Crippen LogP contribution in [0.3, 0.4) is 0 Å². The Balaban J connectivity index is 1.69. The average Bonchev–Trinajstić information content (AvgIpc) is 2.63. The molecule has 2 N–H and O–H groups in total. The van der Waals surface area contributed by atoms with Gasteiger partial charge in [-0.05, 0) is 42.8 Å². The van der Waals surface area contributed by atoms with Crippen LogP contribution in [0.15, 0.2) is 46.9 Å². The average molecular weight is 446 g/mol. The van der Waals surface area contributed by atoms with Crippen LogP contribution in [0.5, 0.6) is 5.75 Å². The molecule has 3 amide bonds. The number of anilines is 2. The maximum atomic E-state index is 12.6. The van der Waals surface area contributed by atoms with E-state index >= 15 is 0 Å². The zero-order valence-corrected chi connectivity index (χ0v) is 17.1. The molecule has 3 rings (SSSR count). The van der Waals surface area contributed by atoms with E-state index in [1.54, 1.807) is 30.3 Å². The third-order valence-corrected chi connectivity index (χ3v) is 4.74. The molecule has 146 valence electrons. The van der Waals surface area contributed by atoms with Crippen LogP contribution in [0, 0.1) is 0 Å². The van der Waals surface area contributed by atoms with Gasteiger partial charge in [0.1, 0.15) is 12.3 Å². The van der Waals surface area contributed by atoms with Gasteiger partial charge in [-0.3, -0.25) is 19.3 Å². The van der Waals surface area contributed by atoms with Gasteiger partial charge < -0.3 is 15.4 Å². The Morgan fingerprint density at radius 3 is 2.79 bits per heavy atom. The summed E-state index contributed by atoms with van der Waals surface area (Å²) in [5.74, 6) is -0.172. The number of nitrogens with one attached hydrogen (secondary N) is 2. The minimum Gasteiger partial charge on any atom is -0.482 e. The van der Waals surface area contributed by atoms with Crippen molar-refractivity contribution < 1.29 is 19.1 Å². The molecule has 0 fully saturated rings. The lowest BCUT2D eigenvalue weighted by Crippen LogP contribution is -2.45. The summed E-state index contributed by atoms with van der Waals surface area (Å²) in [5, 5.41) is 5.61. The van der Waals surface area contributed by atoms with Crippen LogP contribution >= 0.6 is 15.9 Å². The summed E-state index contributed by atoms with van der Waals surface area (Å²) in [6.07, 6.45) is 0. The molecule has 2 aromatic carbocycles. The number of benzene rings is 2. The number of carbonyl (C=O) groups is 3. The maximum Gasteiger partial charge on any atom is 0.265 e. The highest BCUT2D eigenvalue weighted by molar-refractivity contribution is 9.10. The van der Waals surface area contributed by atoms with Crippen LogP contribution in [0.2, 0.25) is 0 Å². The van der Waals surface area contributed by atoms with Crippen molar-refractivity contribution >= 4 is 45.0 Å². The third-order valence-electron chi connectivity index (χ3n) is 4.25. The minimum absolute atomic E-state index is 0.105. The summed E-state index contributed by atoms with van der Waals surface area (Å²) in [7, 11) is 0. The second kappa shape index (κ2) is 8.43. The molecule has 0 bridgehead atoms. The SMILES string of the molecule is CC(=O)Nc1cccc(C(C)NC(=O)CN2C(=O)COc3cc(Br)ccc32)c1. The Hall–Kier alpha value is -2.87. The van der Waals surface area contributed by atoms with Crippen molar-refractivity contribution in [2.75, 3.05) is 23.4 Å². The number of hydrogen-bond donors (Lipinski definition) is 2. The first kappa shape index (κ1) is 19.9. The molecule has 1 aliphatic heterocycles. The van der Waals surface area contributed by atoms with Gasteiger partial charge in [-0.2, -0.15) is 0 Å². The van der Waals surface area contributed by atoms with Gasteiger partial charge in [0, 0.05) is 17.1 Å². The van der Waals surface area contributed by atoms with Gasteiger partial charge in [-0.25, -0.2) is 0 Å². The van der Waals surface area contributed by atoms with E-state index in [1.807, 2.05) is 19.1 Å². The van der Waals surface area contributed by atoms with Gasteiger partial charge in [-0.1, -0.05) is 28.1 Å². The second-order valence-electron chi connectivity index (χ2n) is 6.48. The van der Waals surface area contributed by atoms with Crippen molar-refractivity contribution in [2.45, 2.75) is 19.9 Å². The normalized spacial score (nSPS) is 14.0. The fourth-order valence-electron chi connectivity index (χ4n) is 2.95. The molecule has 1 atom stereocenters. The Morgan fingerprint density at radius 1 is 1.25 bits per heavy atom. The zero-order chi connectivity index (χ0) is 20.3. The highest BCUT2D eigenvalue weighted by Crippen LogP contribution is 2.34. The molecule has 7 nitrogen and oxygen atoms in total. The van der Waals surface area contributed by atoms with Gasteiger partial charge in [0.15, 0.2) is 6.61 Å². The number of rotatable bonds is 5. The highest BCUT2D eigenvalue weighted by atomic mass is 79.9. The van der Waals surface area contributed by atoms with E-state index in [-0.39, 0.29) is 36.9 Å². The first-order chi connectivity index (χ1) is 13.3. The summed E-state index contributed by atoms with van der Waals surface area (Å²) < 4.78 is 6.27. The summed E-state index contributed by atoms with van der Waals surface area (Å²) in [4.78, 5) is 37.4. The van der Waals surface area contributed by atoms with E-state index in [1.165, 1.54) is 11.8 Å². The van der Waals surface area contributed by atoms with E-state index in [9.17, 15) is 14.4 Å². The van der Waals surface area contributed by atoms with Crippen molar-refractivity contribution in [1.29, 1.82) is 0 Å². The number of ether oxygens (including phenoxy) is 1. The third kappa shape index (κ3) is 4.69. The van der Waals surface area contributed by atoms with Crippen LogP contribution < -0.4 is 20.3 Å². The quantitative estimate of drug-likeness (QED) is 0.740. The zero-order valence-electron chi connectivity index (χ0n) is 15.5. The van der Waals surface area contributed by atoms with Crippen LogP contribution in [-0.2, 0) is 14.4 Å². The van der Waals surface area contributed by atoms with Gasteiger partial charge >= 0.3 is 0 Å². The molecular formula is C20H20BrN3O4.